The van der Waals surface area contributed by atoms with Gasteiger partial charge in [0.2, 0.25) is 0 Å². The summed E-state index contributed by atoms with van der Waals surface area (Å²) in [5, 5.41) is 11.5. The molecule has 0 atom stereocenters. The molecule has 2 rings (SSSR count). The number of rotatable bonds is 4. The van der Waals surface area contributed by atoms with Gasteiger partial charge in [-0.2, -0.15) is 0 Å². The highest BCUT2D eigenvalue weighted by Gasteiger charge is 2.10. The lowest BCUT2D eigenvalue weighted by Crippen LogP contribution is -2.12. The molecule has 0 fully saturated rings. The third-order valence-electron chi connectivity index (χ3n) is 2.93. The first kappa shape index (κ1) is 15.3. The number of carbonyl (C=O) groups is 2. The van der Waals surface area contributed by atoms with E-state index in [9.17, 15) is 9.59 Å². The Labute approximate surface area is 130 Å². The zero-order valence-electron chi connectivity index (χ0n) is 11.4. The number of aryl methyl sites for hydroxylation is 1. The van der Waals surface area contributed by atoms with Gasteiger partial charge in [-0.05, 0) is 52.7 Å². The number of nitrogens with one attached hydrogen (secondary N) is 1. The lowest BCUT2D eigenvalue weighted by atomic mass is 10.1. The molecule has 0 aliphatic rings. The molecule has 0 saturated heterocycles. The summed E-state index contributed by atoms with van der Waals surface area (Å²) in [5.74, 6) is -1.09. The number of hydrogen-bond acceptors (Lipinski definition) is 2. The molecule has 0 aliphatic heterocycles. The van der Waals surface area contributed by atoms with Crippen molar-refractivity contribution in [1.29, 1.82) is 0 Å². The number of carboxylic acids is 1. The topological polar surface area (TPSA) is 66.4 Å². The van der Waals surface area contributed by atoms with E-state index in [4.69, 9.17) is 5.11 Å². The normalized spacial score (nSPS) is 10.2. The number of halogens is 1. The molecule has 0 radical (unpaired) electrons. The van der Waals surface area contributed by atoms with Crippen molar-refractivity contribution in [3.8, 4) is 0 Å². The maximum absolute atomic E-state index is 12.2. The van der Waals surface area contributed by atoms with Crippen LogP contribution < -0.4 is 5.32 Å². The van der Waals surface area contributed by atoms with E-state index in [1.54, 1.807) is 30.3 Å². The SMILES string of the molecule is Cc1ccc(Br)c(C(=O)Nc2ccc(CC(=O)O)cc2)c1. The van der Waals surface area contributed by atoms with Crippen molar-refractivity contribution >= 4 is 33.5 Å². The molecule has 0 saturated carbocycles. The Morgan fingerprint density at radius 2 is 1.81 bits per heavy atom. The summed E-state index contributed by atoms with van der Waals surface area (Å²) in [6.45, 7) is 1.92. The first-order valence-corrected chi connectivity index (χ1v) is 7.13. The lowest BCUT2D eigenvalue weighted by Gasteiger charge is -2.08. The Bertz CT molecular complexity index is 680. The molecule has 2 N–H and O–H groups in total. The smallest absolute Gasteiger partial charge is 0.307 e. The Morgan fingerprint density at radius 1 is 1.14 bits per heavy atom. The molecule has 0 heterocycles. The molecule has 2 aromatic rings. The van der Waals surface area contributed by atoms with Crippen molar-refractivity contribution in [1.82, 2.24) is 0 Å². The van der Waals surface area contributed by atoms with E-state index in [-0.39, 0.29) is 12.3 Å². The number of carbonyl (C=O) groups excluding carboxylic acids is 1. The molecule has 0 unspecified atom stereocenters. The molecule has 0 spiro atoms. The summed E-state index contributed by atoms with van der Waals surface area (Å²) in [4.78, 5) is 22.8. The minimum absolute atomic E-state index is 0.0301. The number of hydrogen-bond donors (Lipinski definition) is 2. The summed E-state index contributed by atoms with van der Waals surface area (Å²) in [7, 11) is 0. The van der Waals surface area contributed by atoms with Crippen molar-refractivity contribution in [2.45, 2.75) is 13.3 Å². The fourth-order valence-electron chi connectivity index (χ4n) is 1.89. The number of amides is 1. The van der Waals surface area contributed by atoms with Crippen LogP contribution in [0.2, 0.25) is 0 Å². The van der Waals surface area contributed by atoms with Gasteiger partial charge in [-0.15, -0.1) is 0 Å². The largest absolute Gasteiger partial charge is 0.481 e. The Balaban J connectivity index is 2.12. The van der Waals surface area contributed by atoms with Crippen molar-refractivity contribution in [2.75, 3.05) is 5.32 Å². The summed E-state index contributed by atoms with van der Waals surface area (Å²) in [6, 6.07) is 12.3. The molecule has 0 aliphatic carbocycles. The molecule has 21 heavy (non-hydrogen) atoms. The van der Waals surface area contributed by atoms with Crippen LogP contribution in [-0.4, -0.2) is 17.0 Å². The van der Waals surface area contributed by atoms with Crippen molar-refractivity contribution in [3.63, 3.8) is 0 Å². The van der Waals surface area contributed by atoms with E-state index >= 15 is 0 Å². The van der Waals surface area contributed by atoms with Crippen LogP contribution in [0, 0.1) is 6.92 Å². The Hall–Kier alpha value is -2.14. The predicted molar refractivity (Wildman–Crippen MR) is 84.6 cm³/mol. The van der Waals surface area contributed by atoms with Crippen molar-refractivity contribution in [2.24, 2.45) is 0 Å². The van der Waals surface area contributed by atoms with Gasteiger partial charge in [0.15, 0.2) is 0 Å². The molecule has 1 amide bonds. The maximum atomic E-state index is 12.2. The van der Waals surface area contributed by atoms with Crippen LogP contribution >= 0.6 is 15.9 Å². The van der Waals surface area contributed by atoms with E-state index in [1.165, 1.54) is 0 Å². The number of anilines is 1. The highest BCUT2D eigenvalue weighted by Crippen LogP contribution is 2.20. The molecule has 0 aromatic heterocycles. The van der Waals surface area contributed by atoms with E-state index in [0.717, 1.165) is 10.0 Å². The van der Waals surface area contributed by atoms with E-state index in [2.05, 4.69) is 21.2 Å². The van der Waals surface area contributed by atoms with Crippen LogP contribution in [0.5, 0.6) is 0 Å². The second-order valence-electron chi connectivity index (χ2n) is 4.70. The lowest BCUT2D eigenvalue weighted by molar-refractivity contribution is -0.136. The van der Waals surface area contributed by atoms with Crippen LogP contribution in [0.25, 0.3) is 0 Å². The summed E-state index contributed by atoms with van der Waals surface area (Å²) < 4.78 is 0.730. The zero-order chi connectivity index (χ0) is 15.4. The third-order valence-corrected chi connectivity index (χ3v) is 3.63. The fraction of sp³-hybridized carbons (Fsp3) is 0.125. The summed E-state index contributed by atoms with van der Waals surface area (Å²) in [6.07, 6.45) is -0.0301. The average molecular weight is 348 g/mol. The quantitative estimate of drug-likeness (QED) is 0.887. The third kappa shape index (κ3) is 4.16. The number of aliphatic carboxylic acids is 1. The highest BCUT2D eigenvalue weighted by atomic mass is 79.9. The van der Waals surface area contributed by atoms with E-state index in [1.807, 2.05) is 19.1 Å². The molecule has 108 valence electrons. The monoisotopic (exact) mass is 347 g/mol. The van der Waals surface area contributed by atoms with Crippen LogP contribution in [0.4, 0.5) is 5.69 Å². The van der Waals surface area contributed by atoms with E-state index < -0.39 is 5.97 Å². The number of benzene rings is 2. The highest BCUT2D eigenvalue weighted by molar-refractivity contribution is 9.10. The molecule has 2 aromatic carbocycles. The first-order valence-electron chi connectivity index (χ1n) is 6.34. The fourth-order valence-corrected chi connectivity index (χ4v) is 2.32. The second kappa shape index (κ2) is 6.54. The minimum Gasteiger partial charge on any atom is -0.481 e. The Morgan fingerprint density at radius 3 is 2.43 bits per heavy atom. The standard InChI is InChI=1S/C16H14BrNO3/c1-10-2-7-14(17)13(8-10)16(21)18-12-5-3-11(4-6-12)9-15(19)20/h2-8H,9H2,1H3,(H,18,21)(H,19,20). The number of carboxylic acid groups (broad SMARTS) is 1. The first-order chi connectivity index (χ1) is 9.95. The van der Waals surface area contributed by atoms with Gasteiger partial charge < -0.3 is 10.4 Å². The summed E-state index contributed by atoms with van der Waals surface area (Å²) >= 11 is 3.36. The molecule has 4 nitrogen and oxygen atoms in total. The molecular formula is C16H14BrNO3. The molecule has 0 bridgehead atoms. The maximum Gasteiger partial charge on any atom is 0.307 e. The van der Waals surface area contributed by atoms with Gasteiger partial charge in [-0.1, -0.05) is 23.8 Å². The predicted octanol–water partition coefficient (Wildman–Crippen LogP) is 3.64. The summed E-state index contributed by atoms with van der Waals surface area (Å²) in [5.41, 5.74) is 2.88. The average Bonchev–Trinajstić information content (AvgIpc) is 2.43. The van der Waals surface area contributed by atoms with Gasteiger partial charge in [-0.3, -0.25) is 9.59 Å². The molecule has 5 heteroatoms. The van der Waals surface area contributed by atoms with Crippen molar-refractivity contribution in [3.05, 3.63) is 63.6 Å². The minimum atomic E-state index is -0.879. The van der Waals surface area contributed by atoms with Crippen LogP contribution in [0.1, 0.15) is 21.5 Å². The van der Waals surface area contributed by atoms with Gasteiger partial charge in [0.25, 0.3) is 5.91 Å². The van der Waals surface area contributed by atoms with Crippen molar-refractivity contribution < 1.29 is 14.7 Å². The van der Waals surface area contributed by atoms with Gasteiger partial charge in [0, 0.05) is 10.2 Å². The van der Waals surface area contributed by atoms with Gasteiger partial charge >= 0.3 is 5.97 Å². The van der Waals surface area contributed by atoms with Crippen LogP contribution in [0.3, 0.4) is 0 Å². The Kier molecular flexibility index (Phi) is 4.75. The van der Waals surface area contributed by atoms with Gasteiger partial charge in [0.05, 0.1) is 12.0 Å². The molecular weight excluding hydrogens is 334 g/mol. The van der Waals surface area contributed by atoms with Crippen LogP contribution in [0.15, 0.2) is 46.9 Å². The zero-order valence-corrected chi connectivity index (χ0v) is 13.0. The second-order valence-corrected chi connectivity index (χ2v) is 5.56. The van der Waals surface area contributed by atoms with Crippen LogP contribution in [-0.2, 0) is 11.2 Å². The van der Waals surface area contributed by atoms with E-state index in [0.29, 0.717) is 16.8 Å². The van der Waals surface area contributed by atoms with Gasteiger partial charge in [0.1, 0.15) is 0 Å². The van der Waals surface area contributed by atoms with Gasteiger partial charge in [-0.25, -0.2) is 0 Å².